The van der Waals surface area contributed by atoms with Gasteiger partial charge >= 0.3 is 6.18 Å². The lowest BCUT2D eigenvalue weighted by atomic mass is 10.2. The monoisotopic (exact) mass is 261 g/mol. The number of likely N-dealkylation sites (N-methyl/N-ethyl adjacent to an activating group) is 1. The Bertz CT molecular complexity index is 430. The molecule has 1 atom stereocenters. The Morgan fingerprint density at radius 2 is 1.83 bits per heavy atom. The molecule has 0 aliphatic carbocycles. The van der Waals surface area contributed by atoms with Gasteiger partial charge in [-0.15, -0.1) is 0 Å². The fourth-order valence-corrected chi connectivity index (χ4v) is 1.41. The molecule has 0 aliphatic heterocycles. The van der Waals surface area contributed by atoms with Gasteiger partial charge in [-0.2, -0.15) is 13.2 Å². The van der Waals surface area contributed by atoms with Crippen molar-refractivity contribution in [3.8, 4) is 5.75 Å². The van der Waals surface area contributed by atoms with Crippen LogP contribution in [-0.4, -0.2) is 31.0 Å². The summed E-state index contributed by atoms with van der Waals surface area (Å²) in [6.45, 7) is 1.41. The minimum atomic E-state index is -4.50. The number of para-hydroxylation sites is 1. The quantitative estimate of drug-likeness (QED) is 0.837. The van der Waals surface area contributed by atoms with Crippen molar-refractivity contribution in [3.63, 3.8) is 0 Å². The van der Waals surface area contributed by atoms with Crippen LogP contribution in [0.4, 0.5) is 13.2 Å². The first kappa shape index (κ1) is 14.3. The van der Waals surface area contributed by atoms with Gasteiger partial charge in [-0.1, -0.05) is 12.1 Å². The summed E-state index contributed by atoms with van der Waals surface area (Å²) in [5.41, 5.74) is -0.886. The number of carbonyl (C=O) groups excluding carboxylic acids is 1. The lowest BCUT2D eigenvalue weighted by Gasteiger charge is -2.20. The van der Waals surface area contributed by atoms with E-state index in [1.807, 2.05) is 0 Å². The van der Waals surface area contributed by atoms with Crippen molar-refractivity contribution in [2.75, 3.05) is 14.1 Å². The van der Waals surface area contributed by atoms with Gasteiger partial charge in [0.2, 0.25) is 0 Å². The maximum absolute atomic E-state index is 12.7. The molecule has 100 valence electrons. The van der Waals surface area contributed by atoms with Gasteiger partial charge in [-0.3, -0.25) is 4.79 Å². The molecule has 0 fully saturated rings. The average Bonchev–Trinajstić information content (AvgIpc) is 2.27. The van der Waals surface area contributed by atoms with Crippen molar-refractivity contribution >= 4 is 5.91 Å². The number of amides is 1. The summed E-state index contributed by atoms with van der Waals surface area (Å²) in [6.07, 6.45) is -5.47. The molecule has 0 spiro atoms. The predicted molar refractivity (Wildman–Crippen MR) is 60.2 cm³/mol. The molecule has 0 aromatic heterocycles. The van der Waals surface area contributed by atoms with Crippen LogP contribution in [0.1, 0.15) is 12.5 Å². The van der Waals surface area contributed by atoms with Crippen molar-refractivity contribution in [1.29, 1.82) is 0 Å². The van der Waals surface area contributed by atoms with Gasteiger partial charge in [-0.25, -0.2) is 0 Å². The molecule has 0 radical (unpaired) electrons. The molecule has 0 heterocycles. The molecule has 0 saturated heterocycles. The highest BCUT2D eigenvalue weighted by Gasteiger charge is 2.34. The SMILES string of the molecule is C[C@@H](Oc1ccccc1C(F)(F)F)C(=O)N(C)C. The van der Waals surface area contributed by atoms with Gasteiger partial charge in [0.15, 0.2) is 6.10 Å². The van der Waals surface area contributed by atoms with Gasteiger partial charge in [0.25, 0.3) is 5.91 Å². The zero-order valence-corrected chi connectivity index (χ0v) is 10.3. The molecule has 1 rings (SSSR count). The van der Waals surface area contributed by atoms with E-state index < -0.39 is 23.8 Å². The smallest absolute Gasteiger partial charge is 0.419 e. The number of hydrogen-bond donors (Lipinski definition) is 0. The number of carbonyl (C=O) groups is 1. The Hall–Kier alpha value is -1.72. The average molecular weight is 261 g/mol. The molecule has 3 nitrogen and oxygen atoms in total. The van der Waals surface area contributed by atoms with Crippen LogP contribution in [0.25, 0.3) is 0 Å². The Labute approximate surface area is 103 Å². The molecular formula is C12H14F3NO2. The van der Waals surface area contributed by atoms with Crippen LogP contribution >= 0.6 is 0 Å². The molecule has 1 aromatic rings. The molecule has 6 heteroatoms. The number of ether oxygens (including phenoxy) is 1. The van der Waals surface area contributed by atoms with E-state index in [9.17, 15) is 18.0 Å². The van der Waals surface area contributed by atoms with Crippen LogP contribution < -0.4 is 4.74 Å². The fourth-order valence-electron chi connectivity index (χ4n) is 1.41. The summed E-state index contributed by atoms with van der Waals surface area (Å²) < 4.78 is 43.1. The topological polar surface area (TPSA) is 29.5 Å². The number of nitrogens with zero attached hydrogens (tertiary/aromatic N) is 1. The van der Waals surface area contributed by atoms with E-state index >= 15 is 0 Å². The summed E-state index contributed by atoms with van der Waals surface area (Å²) in [7, 11) is 3.02. The number of halogens is 3. The second kappa shape index (κ2) is 5.29. The Balaban J connectivity index is 2.95. The number of benzene rings is 1. The van der Waals surface area contributed by atoms with Crippen LogP contribution in [0.2, 0.25) is 0 Å². The summed E-state index contributed by atoms with van der Waals surface area (Å²) >= 11 is 0. The number of hydrogen-bond acceptors (Lipinski definition) is 2. The highest BCUT2D eigenvalue weighted by atomic mass is 19.4. The van der Waals surface area contributed by atoms with E-state index in [1.165, 1.54) is 44.1 Å². The molecule has 1 amide bonds. The first-order valence-electron chi connectivity index (χ1n) is 5.27. The van der Waals surface area contributed by atoms with E-state index in [0.717, 1.165) is 6.07 Å². The molecule has 0 aliphatic rings. The highest BCUT2D eigenvalue weighted by molar-refractivity contribution is 5.80. The second-order valence-corrected chi connectivity index (χ2v) is 3.99. The van der Waals surface area contributed by atoms with Crippen molar-refractivity contribution in [2.45, 2.75) is 19.2 Å². The third kappa shape index (κ3) is 3.38. The second-order valence-electron chi connectivity index (χ2n) is 3.99. The zero-order chi connectivity index (χ0) is 13.9. The Morgan fingerprint density at radius 3 is 2.33 bits per heavy atom. The van der Waals surface area contributed by atoms with E-state index in [2.05, 4.69) is 0 Å². The van der Waals surface area contributed by atoms with E-state index in [-0.39, 0.29) is 5.75 Å². The molecule has 0 bridgehead atoms. The first-order chi connectivity index (χ1) is 8.23. The molecule has 1 aromatic carbocycles. The molecule has 0 unspecified atom stereocenters. The van der Waals surface area contributed by atoms with E-state index in [1.54, 1.807) is 0 Å². The van der Waals surface area contributed by atoms with Gasteiger partial charge < -0.3 is 9.64 Å². The highest BCUT2D eigenvalue weighted by Crippen LogP contribution is 2.36. The zero-order valence-electron chi connectivity index (χ0n) is 10.3. The van der Waals surface area contributed by atoms with Crippen LogP contribution in [0.3, 0.4) is 0 Å². The van der Waals surface area contributed by atoms with Gasteiger partial charge in [-0.05, 0) is 19.1 Å². The third-order valence-electron chi connectivity index (χ3n) is 2.28. The standard InChI is InChI=1S/C12H14F3NO2/c1-8(11(17)16(2)3)18-10-7-5-4-6-9(10)12(13,14)15/h4-8H,1-3H3/t8-/m1/s1. The maximum Gasteiger partial charge on any atom is 0.419 e. The lowest BCUT2D eigenvalue weighted by molar-refractivity contribution is -0.142. The van der Waals surface area contributed by atoms with Crippen LogP contribution in [0, 0.1) is 0 Å². The minimum absolute atomic E-state index is 0.340. The third-order valence-corrected chi connectivity index (χ3v) is 2.28. The Morgan fingerprint density at radius 1 is 1.28 bits per heavy atom. The van der Waals surface area contributed by atoms with Crippen molar-refractivity contribution in [1.82, 2.24) is 4.90 Å². The van der Waals surface area contributed by atoms with Gasteiger partial charge in [0, 0.05) is 14.1 Å². The minimum Gasteiger partial charge on any atom is -0.480 e. The summed E-state index contributed by atoms with van der Waals surface area (Å²) in [6, 6.07) is 4.82. The maximum atomic E-state index is 12.7. The van der Waals surface area contributed by atoms with Crippen LogP contribution in [-0.2, 0) is 11.0 Å². The van der Waals surface area contributed by atoms with Crippen molar-refractivity contribution in [3.05, 3.63) is 29.8 Å². The Kier molecular flexibility index (Phi) is 4.21. The van der Waals surface area contributed by atoms with Crippen LogP contribution in [0.15, 0.2) is 24.3 Å². The van der Waals surface area contributed by atoms with Crippen LogP contribution in [0.5, 0.6) is 5.75 Å². The lowest BCUT2D eigenvalue weighted by Crippen LogP contribution is -2.35. The van der Waals surface area contributed by atoms with E-state index in [4.69, 9.17) is 4.74 Å². The van der Waals surface area contributed by atoms with Gasteiger partial charge in [0.05, 0.1) is 5.56 Å². The largest absolute Gasteiger partial charge is 0.480 e. The predicted octanol–water partition coefficient (Wildman–Crippen LogP) is 2.56. The first-order valence-corrected chi connectivity index (χ1v) is 5.27. The normalized spacial score (nSPS) is 13.0. The van der Waals surface area contributed by atoms with E-state index in [0.29, 0.717) is 0 Å². The summed E-state index contributed by atoms with van der Waals surface area (Å²) in [5.74, 6) is -0.736. The summed E-state index contributed by atoms with van der Waals surface area (Å²) in [5, 5.41) is 0. The van der Waals surface area contributed by atoms with Crippen molar-refractivity contribution < 1.29 is 22.7 Å². The molecular weight excluding hydrogens is 247 g/mol. The van der Waals surface area contributed by atoms with Crippen molar-refractivity contribution in [2.24, 2.45) is 0 Å². The molecule has 0 N–H and O–H groups in total. The number of rotatable bonds is 3. The number of alkyl halides is 3. The fraction of sp³-hybridized carbons (Fsp3) is 0.417. The van der Waals surface area contributed by atoms with Gasteiger partial charge in [0.1, 0.15) is 5.75 Å². The summed E-state index contributed by atoms with van der Waals surface area (Å²) in [4.78, 5) is 12.8. The molecule has 0 saturated carbocycles. The molecule has 18 heavy (non-hydrogen) atoms.